The van der Waals surface area contributed by atoms with Crippen molar-refractivity contribution < 1.29 is 23.8 Å². The number of halogens is 2. The second-order valence-corrected chi connectivity index (χ2v) is 8.61. The van der Waals surface area contributed by atoms with Gasteiger partial charge in [-0.3, -0.25) is 14.5 Å². The molecule has 3 rings (SSSR count). The van der Waals surface area contributed by atoms with Gasteiger partial charge in [-0.15, -0.1) is 0 Å². The number of aliphatic hydroxyl groups is 2. The van der Waals surface area contributed by atoms with Gasteiger partial charge < -0.3 is 15.5 Å². The Kier molecular flexibility index (Phi) is 6.11. The number of nitrogens with zero attached hydrogens (tertiary/aromatic N) is 3. The number of carbonyl (C=O) groups excluding carboxylic acids is 1. The van der Waals surface area contributed by atoms with Crippen LogP contribution in [0, 0.1) is 0 Å². The summed E-state index contributed by atoms with van der Waals surface area (Å²) in [5, 5.41) is 27.7. The molecule has 2 aromatic heterocycles. The van der Waals surface area contributed by atoms with E-state index in [1.54, 1.807) is 26.0 Å². The van der Waals surface area contributed by atoms with Gasteiger partial charge in [0.1, 0.15) is 11.4 Å². The van der Waals surface area contributed by atoms with Crippen molar-refractivity contribution in [2.75, 3.05) is 5.32 Å². The molecule has 7 nitrogen and oxygen atoms in total. The van der Waals surface area contributed by atoms with Gasteiger partial charge in [-0.2, -0.15) is 5.10 Å². The number of alkyl halides is 2. The molecule has 31 heavy (non-hydrogen) atoms. The van der Waals surface area contributed by atoms with Gasteiger partial charge in [0.2, 0.25) is 0 Å². The standard InChI is InChI=1S/C22H26F2N4O3/c1-21(2,30)8-10-28-18(19(23)24)13-11-17(14(22(3,4)31)12-16(13)27-28)26-20(29)15-7-5-6-9-25-15/h5-7,9,11-12,19,30-31H,8,10H2,1-4H3,(H,26,29). The lowest BCUT2D eigenvalue weighted by Crippen LogP contribution is -2.22. The molecule has 0 bridgehead atoms. The van der Waals surface area contributed by atoms with Crippen molar-refractivity contribution >= 4 is 22.5 Å². The molecule has 0 atom stereocenters. The Bertz CT molecular complexity index is 1080. The molecule has 0 fully saturated rings. The minimum atomic E-state index is -2.82. The Balaban J connectivity index is 2.12. The van der Waals surface area contributed by atoms with Gasteiger partial charge in [-0.1, -0.05) is 6.07 Å². The number of anilines is 1. The van der Waals surface area contributed by atoms with E-state index in [0.29, 0.717) is 5.56 Å². The van der Waals surface area contributed by atoms with E-state index in [2.05, 4.69) is 15.4 Å². The van der Waals surface area contributed by atoms with Crippen molar-refractivity contribution in [3.05, 3.63) is 53.5 Å². The maximum Gasteiger partial charge on any atom is 0.280 e. The average Bonchev–Trinajstić information content (AvgIpc) is 3.03. The molecule has 166 valence electrons. The summed E-state index contributed by atoms with van der Waals surface area (Å²) in [4.78, 5) is 16.6. The summed E-state index contributed by atoms with van der Waals surface area (Å²) in [5.41, 5.74) is -1.79. The highest BCUT2D eigenvalue weighted by Gasteiger charge is 2.27. The Hall–Kier alpha value is -2.91. The third kappa shape index (κ3) is 5.23. The van der Waals surface area contributed by atoms with Gasteiger partial charge >= 0.3 is 0 Å². The maximum atomic E-state index is 13.9. The molecule has 1 aromatic carbocycles. The first-order valence-electron chi connectivity index (χ1n) is 9.87. The molecule has 3 N–H and O–H groups in total. The number of rotatable bonds is 7. The minimum absolute atomic E-state index is 0.0886. The summed E-state index contributed by atoms with van der Waals surface area (Å²) >= 11 is 0. The number of amides is 1. The SMILES string of the molecule is CC(C)(O)CCn1nc2cc(C(C)(C)O)c(NC(=O)c3ccccn3)cc2c1C(F)F. The molecule has 0 radical (unpaired) electrons. The third-order valence-corrected chi connectivity index (χ3v) is 4.87. The highest BCUT2D eigenvalue weighted by atomic mass is 19.3. The molecular formula is C22H26F2N4O3. The number of fused-ring (bicyclic) bond motifs is 1. The summed E-state index contributed by atoms with van der Waals surface area (Å²) in [6.07, 6.45) is -1.13. The molecule has 2 heterocycles. The average molecular weight is 432 g/mol. The highest BCUT2D eigenvalue weighted by molar-refractivity contribution is 6.04. The summed E-state index contributed by atoms with van der Waals surface area (Å²) in [7, 11) is 0. The van der Waals surface area contributed by atoms with Crippen LogP contribution in [0.15, 0.2) is 36.5 Å². The molecular weight excluding hydrogens is 406 g/mol. The molecule has 3 aromatic rings. The van der Waals surface area contributed by atoms with E-state index in [-0.39, 0.29) is 40.9 Å². The van der Waals surface area contributed by atoms with Gasteiger partial charge in [0, 0.05) is 29.4 Å². The van der Waals surface area contributed by atoms with E-state index in [1.165, 1.54) is 42.9 Å². The molecule has 0 aliphatic rings. The first kappa shape index (κ1) is 22.8. The van der Waals surface area contributed by atoms with Crippen LogP contribution in [0.2, 0.25) is 0 Å². The topological polar surface area (TPSA) is 100 Å². The van der Waals surface area contributed by atoms with E-state index in [4.69, 9.17) is 0 Å². The van der Waals surface area contributed by atoms with E-state index < -0.39 is 23.5 Å². The summed E-state index contributed by atoms with van der Waals surface area (Å²) < 4.78 is 29.0. The van der Waals surface area contributed by atoms with Crippen LogP contribution in [0.4, 0.5) is 14.5 Å². The van der Waals surface area contributed by atoms with Crippen molar-refractivity contribution in [2.45, 2.75) is 58.3 Å². The van der Waals surface area contributed by atoms with Crippen LogP contribution in [0.25, 0.3) is 10.9 Å². The van der Waals surface area contributed by atoms with Crippen LogP contribution in [0.3, 0.4) is 0 Å². The second kappa shape index (κ2) is 8.32. The Morgan fingerprint density at radius 3 is 2.45 bits per heavy atom. The summed E-state index contributed by atoms with van der Waals surface area (Å²) in [5.74, 6) is -0.529. The summed E-state index contributed by atoms with van der Waals surface area (Å²) in [6, 6.07) is 7.75. The largest absolute Gasteiger partial charge is 0.390 e. The molecule has 0 aliphatic carbocycles. The molecule has 0 aliphatic heterocycles. The Labute approximate surface area is 178 Å². The van der Waals surface area contributed by atoms with Crippen LogP contribution in [0.5, 0.6) is 0 Å². The van der Waals surface area contributed by atoms with Crippen LogP contribution >= 0.6 is 0 Å². The molecule has 0 saturated carbocycles. The number of carbonyl (C=O) groups is 1. The summed E-state index contributed by atoms with van der Waals surface area (Å²) in [6.45, 7) is 6.34. The van der Waals surface area contributed by atoms with Gasteiger partial charge in [0.25, 0.3) is 12.3 Å². The minimum Gasteiger partial charge on any atom is -0.390 e. The molecule has 9 heteroatoms. The normalized spacial score (nSPS) is 12.5. The first-order valence-corrected chi connectivity index (χ1v) is 9.87. The van der Waals surface area contributed by atoms with Crippen LogP contribution in [-0.4, -0.2) is 36.5 Å². The van der Waals surface area contributed by atoms with Crippen molar-refractivity contribution in [1.82, 2.24) is 14.8 Å². The number of hydrogen-bond donors (Lipinski definition) is 3. The van der Waals surface area contributed by atoms with Crippen molar-refractivity contribution in [1.29, 1.82) is 0 Å². The molecule has 0 unspecified atom stereocenters. The molecule has 1 amide bonds. The van der Waals surface area contributed by atoms with Gasteiger partial charge in [0.05, 0.1) is 16.7 Å². The lowest BCUT2D eigenvalue weighted by Gasteiger charge is -2.22. The van der Waals surface area contributed by atoms with Crippen LogP contribution in [0.1, 0.15) is 62.3 Å². The zero-order chi connectivity index (χ0) is 23.0. The number of aromatic nitrogens is 3. The van der Waals surface area contributed by atoms with Gasteiger partial charge in [0.15, 0.2) is 0 Å². The van der Waals surface area contributed by atoms with Crippen molar-refractivity contribution in [3.63, 3.8) is 0 Å². The lowest BCUT2D eigenvalue weighted by molar-refractivity contribution is 0.0627. The van der Waals surface area contributed by atoms with Crippen molar-refractivity contribution in [2.24, 2.45) is 0 Å². The molecule has 0 saturated heterocycles. The zero-order valence-electron chi connectivity index (χ0n) is 17.9. The van der Waals surface area contributed by atoms with Crippen LogP contribution in [-0.2, 0) is 12.1 Å². The first-order chi connectivity index (χ1) is 14.4. The number of pyridine rings is 1. The number of hydrogen-bond acceptors (Lipinski definition) is 5. The maximum absolute atomic E-state index is 13.9. The smallest absolute Gasteiger partial charge is 0.280 e. The number of benzene rings is 1. The van der Waals surface area contributed by atoms with Gasteiger partial charge in [-0.05, 0) is 58.4 Å². The van der Waals surface area contributed by atoms with Crippen LogP contribution < -0.4 is 5.32 Å². The Morgan fingerprint density at radius 2 is 1.90 bits per heavy atom. The van der Waals surface area contributed by atoms with E-state index in [0.717, 1.165) is 0 Å². The van der Waals surface area contributed by atoms with Crippen molar-refractivity contribution in [3.8, 4) is 0 Å². The second-order valence-electron chi connectivity index (χ2n) is 8.61. The quantitative estimate of drug-likeness (QED) is 0.524. The molecule has 0 spiro atoms. The van der Waals surface area contributed by atoms with E-state index >= 15 is 0 Å². The lowest BCUT2D eigenvalue weighted by atomic mass is 9.94. The van der Waals surface area contributed by atoms with E-state index in [9.17, 15) is 23.8 Å². The highest BCUT2D eigenvalue weighted by Crippen LogP contribution is 2.36. The van der Waals surface area contributed by atoms with E-state index in [1.807, 2.05) is 0 Å². The predicted molar refractivity (Wildman–Crippen MR) is 113 cm³/mol. The predicted octanol–water partition coefficient (Wildman–Crippen LogP) is 4.01. The fourth-order valence-electron chi connectivity index (χ4n) is 3.27. The van der Waals surface area contributed by atoms with Gasteiger partial charge in [-0.25, -0.2) is 8.78 Å². The Morgan fingerprint density at radius 1 is 1.19 bits per heavy atom. The number of nitrogens with one attached hydrogen (secondary N) is 1. The fourth-order valence-corrected chi connectivity index (χ4v) is 3.27. The monoisotopic (exact) mass is 432 g/mol. The zero-order valence-corrected chi connectivity index (χ0v) is 17.9. The fraction of sp³-hybridized carbons (Fsp3) is 0.409. The number of aryl methyl sites for hydroxylation is 1. The third-order valence-electron chi connectivity index (χ3n) is 4.87.